The molecule has 0 aromatic rings. The quantitative estimate of drug-likeness (QED) is 0.682. The van der Waals surface area contributed by atoms with Crippen molar-refractivity contribution in [2.45, 2.75) is 12.5 Å². The maximum absolute atomic E-state index is 11.9. The van der Waals surface area contributed by atoms with E-state index in [2.05, 4.69) is 5.32 Å². The van der Waals surface area contributed by atoms with E-state index in [9.17, 15) is 9.59 Å². The molecule has 2 amide bonds. The molecule has 1 heterocycles. The molecule has 1 aliphatic heterocycles. The Hall–Kier alpha value is -0.750. The van der Waals surface area contributed by atoms with Crippen LogP contribution in [0.3, 0.4) is 0 Å². The Bertz CT molecular complexity index is 304. The molecule has 0 spiro atoms. The van der Waals surface area contributed by atoms with Crippen LogP contribution in [0.5, 0.6) is 0 Å². The van der Waals surface area contributed by atoms with Crippen LogP contribution in [0.4, 0.5) is 0 Å². The number of hydrogen-bond acceptors (Lipinski definition) is 4. The molecule has 0 aromatic heterocycles. The maximum atomic E-state index is 11.9. The van der Waals surface area contributed by atoms with Crippen molar-refractivity contribution < 1.29 is 9.59 Å². The van der Waals surface area contributed by atoms with E-state index in [1.54, 1.807) is 23.7 Å². The Labute approximate surface area is 99.1 Å². The molecular formula is C10H17N3O2S. The third-order valence-electron chi connectivity index (χ3n) is 3.23. The lowest BCUT2D eigenvalue weighted by molar-refractivity contribution is -0.131. The van der Waals surface area contributed by atoms with Gasteiger partial charge in [0, 0.05) is 25.3 Å². The third-order valence-corrected chi connectivity index (χ3v) is 4.20. The fourth-order valence-electron chi connectivity index (χ4n) is 2.08. The molecule has 0 bridgehead atoms. The molecule has 2 rings (SSSR count). The van der Waals surface area contributed by atoms with Gasteiger partial charge in [0.15, 0.2) is 0 Å². The van der Waals surface area contributed by atoms with E-state index in [1.165, 1.54) is 0 Å². The molecule has 2 aliphatic rings. The van der Waals surface area contributed by atoms with Crippen LogP contribution in [0.2, 0.25) is 0 Å². The summed E-state index contributed by atoms with van der Waals surface area (Å²) in [4.78, 5) is 25.1. The minimum Gasteiger partial charge on any atom is -0.359 e. The molecule has 6 heteroatoms. The Kier molecular flexibility index (Phi) is 3.39. The summed E-state index contributed by atoms with van der Waals surface area (Å²) >= 11 is 1.74. The molecule has 5 nitrogen and oxygen atoms in total. The van der Waals surface area contributed by atoms with Gasteiger partial charge in [-0.3, -0.25) is 9.59 Å². The van der Waals surface area contributed by atoms with Crippen molar-refractivity contribution in [3.8, 4) is 0 Å². The second kappa shape index (κ2) is 4.63. The van der Waals surface area contributed by atoms with Gasteiger partial charge in [0.25, 0.3) is 0 Å². The van der Waals surface area contributed by atoms with Gasteiger partial charge in [-0.2, -0.15) is 0 Å². The number of nitrogens with one attached hydrogen (secondary N) is 1. The van der Waals surface area contributed by atoms with E-state index in [0.717, 1.165) is 24.6 Å². The first-order chi connectivity index (χ1) is 7.65. The van der Waals surface area contributed by atoms with Gasteiger partial charge in [-0.15, -0.1) is 11.8 Å². The van der Waals surface area contributed by atoms with Gasteiger partial charge in [-0.05, 0) is 12.3 Å². The smallest absolute Gasteiger partial charge is 0.240 e. The molecule has 1 aliphatic carbocycles. The lowest BCUT2D eigenvalue weighted by Gasteiger charge is -2.19. The van der Waals surface area contributed by atoms with Crippen molar-refractivity contribution in [3.63, 3.8) is 0 Å². The highest BCUT2D eigenvalue weighted by molar-refractivity contribution is 7.99. The van der Waals surface area contributed by atoms with Gasteiger partial charge in [0.2, 0.25) is 11.8 Å². The van der Waals surface area contributed by atoms with E-state index in [0.29, 0.717) is 0 Å². The Morgan fingerprint density at radius 3 is 2.88 bits per heavy atom. The largest absolute Gasteiger partial charge is 0.359 e. The third kappa shape index (κ3) is 2.17. The summed E-state index contributed by atoms with van der Waals surface area (Å²) in [6.45, 7) is 0.786. The minimum absolute atomic E-state index is 0.00130. The molecule has 1 saturated heterocycles. The van der Waals surface area contributed by atoms with E-state index in [4.69, 9.17) is 5.73 Å². The van der Waals surface area contributed by atoms with Crippen molar-refractivity contribution in [2.24, 2.45) is 17.6 Å². The zero-order valence-corrected chi connectivity index (χ0v) is 10.1. The minimum atomic E-state index is -0.499. The van der Waals surface area contributed by atoms with Crippen LogP contribution < -0.4 is 11.1 Å². The summed E-state index contributed by atoms with van der Waals surface area (Å²) in [6.07, 6.45) is 0.744. The number of carbonyl (C=O) groups is 2. The van der Waals surface area contributed by atoms with Crippen LogP contribution >= 0.6 is 11.8 Å². The first-order valence-corrected chi connectivity index (χ1v) is 6.64. The highest BCUT2D eigenvalue weighted by atomic mass is 32.2. The topological polar surface area (TPSA) is 75.4 Å². The molecule has 2 fully saturated rings. The number of hydrogen-bond donors (Lipinski definition) is 2. The number of nitrogens with zero attached hydrogens (tertiary/aromatic N) is 1. The van der Waals surface area contributed by atoms with Gasteiger partial charge in [0.05, 0.1) is 11.9 Å². The summed E-state index contributed by atoms with van der Waals surface area (Å²) in [6, 6.07) is -0.499. The van der Waals surface area contributed by atoms with Gasteiger partial charge in [-0.1, -0.05) is 0 Å². The normalized spacial score (nSPS) is 30.0. The van der Waals surface area contributed by atoms with Crippen LogP contribution in [0.1, 0.15) is 6.42 Å². The average Bonchev–Trinajstić information content (AvgIpc) is 2.91. The van der Waals surface area contributed by atoms with Crippen LogP contribution in [-0.4, -0.2) is 48.0 Å². The summed E-state index contributed by atoms with van der Waals surface area (Å²) in [5, 5.41) is 2.60. The Morgan fingerprint density at radius 1 is 1.56 bits per heavy atom. The van der Waals surface area contributed by atoms with Crippen molar-refractivity contribution in [2.75, 3.05) is 25.2 Å². The Balaban J connectivity index is 1.86. The number of carbonyl (C=O) groups excluding carboxylic acids is 2. The molecular weight excluding hydrogens is 226 g/mol. The molecule has 0 radical (unpaired) electrons. The molecule has 90 valence electrons. The lowest BCUT2D eigenvalue weighted by atomic mass is 10.1. The number of nitrogens with two attached hydrogens (primary N) is 1. The number of amides is 2. The fourth-order valence-corrected chi connectivity index (χ4v) is 3.04. The molecule has 3 atom stereocenters. The summed E-state index contributed by atoms with van der Waals surface area (Å²) in [5.41, 5.74) is 5.90. The van der Waals surface area contributed by atoms with Crippen LogP contribution in [-0.2, 0) is 9.59 Å². The highest BCUT2D eigenvalue weighted by Gasteiger charge is 2.49. The first kappa shape index (κ1) is 11.7. The van der Waals surface area contributed by atoms with E-state index < -0.39 is 6.04 Å². The summed E-state index contributed by atoms with van der Waals surface area (Å²) in [7, 11) is 1.61. The van der Waals surface area contributed by atoms with Gasteiger partial charge >= 0.3 is 0 Å². The van der Waals surface area contributed by atoms with E-state index in [-0.39, 0.29) is 23.7 Å². The average molecular weight is 243 g/mol. The van der Waals surface area contributed by atoms with Gasteiger partial charge in [0.1, 0.15) is 0 Å². The first-order valence-electron chi connectivity index (χ1n) is 5.49. The number of rotatable bonds is 3. The predicted octanol–water partition coefficient (Wildman–Crippen LogP) is -0.771. The maximum Gasteiger partial charge on any atom is 0.240 e. The zero-order chi connectivity index (χ0) is 11.7. The number of thioether (sulfide) groups is 1. The highest BCUT2D eigenvalue weighted by Crippen LogP contribution is 2.41. The predicted molar refractivity (Wildman–Crippen MR) is 62.7 cm³/mol. The lowest BCUT2D eigenvalue weighted by Crippen LogP contribution is -2.44. The van der Waals surface area contributed by atoms with Gasteiger partial charge in [-0.25, -0.2) is 0 Å². The van der Waals surface area contributed by atoms with Crippen molar-refractivity contribution in [1.82, 2.24) is 10.2 Å². The monoisotopic (exact) mass is 243 g/mol. The SMILES string of the molecule is CNC(=O)[C@H]1C[C@H]1[C@H](N)C(=O)N1CCSC1. The molecule has 16 heavy (non-hydrogen) atoms. The van der Waals surface area contributed by atoms with E-state index in [1.807, 2.05) is 0 Å². The van der Waals surface area contributed by atoms with Crippen molar-refractivity contribution >= 4 is 23.6 Å². The second-order valence-electron chi connectivity index (χ2n) is 4.29. The van der Waals surface area contributed by atoms with Crippen LogP contribution in [0.25, 0.3) is 0 Å². The molecule has 3 N–H and O–H groups in total. The summed E-state index contributed by atoms with van der Waals surface area (Å²) in [5.74, 6) is 1.72. The molecule has 1 saturated carbocycles. The van der Waals surface area contributed by atoms with Crippen LogP contribution in [0, 0.1) is 11.8 Å². The standard InChI is InChI=1S/C10H17N3O2S/c1-12-9(14)7-4-6(7)8(11)10(15)13-2-3-16-5-13/h6-8H,2-5,11H2,1H3,(H,12,14)/t6-,7+,8+/m1/s1. The molecule has 0 aromatic carbocycles. The molecule has 0 unspecified atom stereocenters. The fraction of sp³-hybridized carbons (Fsp3) is 0.800. The van der Waals surface area contributed by atoms with Gasteiger partial charge < -0.3 is 16.0 Å². The summed E-state index contributed by atoms with van der Waals surface area (Å²) < 4.78 is 0. The second-order valence-corrected chi connectivity index (χ2v) is 5.36. The van der Waals surface area contributed by atoms with E-state index >= 15 is 0 Å². The zero-order valence-electron chi connectivity index (χ0n) is 9.31. The Morgan fingerprint density at radius 2 is 2.31 bits per heavy atom. The van der Waals surface area contributed by atoms with Crippen molar-refractivity contribution in [1.29, 1.82) is 0 Å². The van der Waals surface area contributed by atoms with Crippen LogP contribution in [0.15, 0.2) is 0 Å². The van der Waals surface area contributed by atoms with Crippen molar-refractivity contribution in [3.05, 3.63) is 0 Å².